The number of hydrogen-bond acceptors (Lipinski definition) is 2. The van der Waals surface area contributed by atoms with Crippen molar-refractivity contribution in [2.24, 2.45) is 5.73 Å². The van der Waals surface area contributed by atoms with E-state index >= 15 is 0 Å². The molecule has 2 N–H and O–H groups in total. The predicted molar refractivity (Wildman–Crippen MR) is 57.2 cm³/mol. The van der Waals surface area contributed by atoms with E-state index in [0.29, 0.717) is 0 Å². The Morgan fingerprint density at radius 3 is 3.14 bits per heavy atom. The van der Waals surface area contributed by atoms with Gasteiger partial charge in [0.05, 0.1) is 0 Å². The topological polar surface area (TPSA) is 43.3 Å². The van der Waals surface area contributed by atoms with E-state index < -0.39 is 0 Å². The van der Waals surface area contributed by atoms with Crippen LogP contribution >= 0.6 is 0 Å². The average Bonchev–Trinajstić information content (AvgIpc) is 2.62. The normalized spacial score (nSPS) is 13.3. The first-order valence-electron chi connectivity index (χ1n) is 4.98. The Kier molecular flexibility index (Phi) is 2.50. The number of hydrogen-bond donors (Lipinski definition) is 1. The summed E-state index contributed by atoms with van der Waals surface area (Å²) in [7, 11) is 0. The summed E-state index contributed by atoms with van der Waals surface area (Å²) in [5.74, 6) is 0. The maximum Gasteiger partial charge on any atom is 0.136 e. The molecule has 2 aromatic heterocycles. The molecule has 1 unspecified atom stereocenters. The summed E-state index contributed by atoms with van der Waals surface area (Å²) < 4.78 is 2.09. The first-order valence-corrected chi connectivity index (χ1v) is 4.98. The highest BCUT2D eigenvalue weighted by atomic mass is 15.0. The molecule has 0 aromatic carbocycles. The van der Waals surface area contributed by atoms with Gasteiger partial charge in [0.1, 0.15) is 5.65 Å². The SMILES string of the molecule is CCC(N)Cc1cnc2ccccn12. The van der Waals surface area contributed by atoms with Gasteiger partial charge in [0, 0.05) is 30.6 Å². The molecule has 0 spiro atoms. The van der Waals surface area contributed by atoms with E-state index in [0.717, 1.165) is 18.5 Å². The molecule has 0 aliphatic rings. The van der Waals surface area contributed by atoms with Gasteiger partial charge in [-0.25, -0.2) is 4.98 Å². The lowest BCUT2D eigenvalue weighted by atomic mass is 10.1. The van der Waals surface area contributed by atoms with Crippen LogP contribution in [0.15, 0.2) is 30.6 Å². The minimum atomic E-state index is 0.232. The van der Waals surface area contributed by atoms with Crippen molar-refractivity contribution in [2.45, 2.75) is 25.8 Å². The molecule has 0 fully saturated rings. The number of nitrogens with two attached hydrogens (primary N) is 1. The van der Waals surface area contributed by atoms with Gasteiger partial charge < -0.3 is 10.1 Å². The van der Waals surface area contributed by atoms with Gasteiger partial charge in [0.25, 0.3) is 0 Å². The summed E-state index contributed by atoms with van der Waals surface area (Å²) in [5, 5.41) is 0. The molecule has 1 atom stereocenters. The number of nitrogens with zero attached hydrogens (tertiary/aromatic N) is 2. The molecule has 0 saturated heterocycles. The van der Waals surface area contributed by atoms with Crippen molar-refractivity contribution in [1.82, 2.24) is 9.38 Å². The van der Waals surface area contributed by atoms with Crippen LogP contribution in [0.2, 0.25) is 0 Å². The van der Waals surface area contributed by atoms with Crippen LogP contribution in [-0.4, -0.2) is 15.4 Å². The molecular formula is C11H15N3. The van der Waals surface area contributed by atoms with Crippen LogP contribution in [0.4, 0.5) is 0 Å². The van der Waals surface area contributed by atoms with Gasteiger partial charge in [0.15, 0.2) is 0 Å². The van der Waals surface area contributed by atoms with Gasteiger partial charge in [-0.3, -0.25) is 0 Å². The molecule has 3 heteroatoms. The van der Waals surface area contributed by atoms with Crippen molar-refractivity contribution in [3.8, 4) is 0 Å². The van der Waals surface area contributed by atoms with Crippen molar-refractivity contribution in [3.63, 3.8) is 0 Å². The minimum Gasteiger partial charge on any atom is -0.327 e. The second kappa shape index (κ2) is 3.80. The zero-order valence-corrected chi connectivity index (χ0v) is 8.35. The predicted octanol–water partition coefficient (Wildman–Crippen LogP) is 1.61. The molecule has 2 heterocycles. The van der Waals surface area contributed by atoms with Gasteiger partial charge in [-0.1, -0.05) is 13.0 Å². The summed E-state index contributed by atoms with van der Waals surface area (Å²) in [4.78, 5) is 4.31. The van der Waals surface area contributed by atoms with Crippen molar-refractivity contribution in [2.75, 3.05) is 0 Å². The molecule has 0 aliphatic heterocycles. The third-order valence-electron chi connectivity index (χ3n) is 2.49. The minimum absolute atomic E-state index is 0.232. The molecule has 0 amide bonds. The Morgan fingerprint density at radius 1 is 1.50 bits per heavy atom. The molecule has 14 heavy (non-hydrogen) atoms. The van der Waals surface area contributed by atoms with E-state index in [1.165, 1.54) is 5.69 Å². The lowest BCUT2D eigenvalue weighted by molar-refractivity contribution is 0.634. The highest BCUT2D eigenvalue weighted by Gasteiger charge is 2.06. The van der Waals surface area contributed by atoms with Gasteiger partial charge in [-0.2, -0.15) is 0 Å². The molecule has 0 radical (unpaired) electrons. The maximum absolute atomic E-state index is 5.91. The Hall–Kier alpha value is -1.35. The summed E-state index contributed by atoms with van der Waals surface area (Å²) in [6.07, 6.45) is 5.83. The molecule has 2 aromatic rings. The monoisotopic (exact) mass is 189 g/mol. The van der Waals surface area contributed by atoms with Crippen LogP contribution in [0, 0.1) is 0 Å². The second-order valence-corrected chi connectivity index (χ2v) is 3.55. The van der Waals surface area contributed by atoms with Gasteiger partial charge >= 0.3 is 0 Å². The largest absolute Gasteiger partial charge is 0.327 e. The van der Waals surface area contributed by atoms with E-state index in [1.807, 2.05) is 30.6 Å². The number of rotatable bonds is 3. The molecule has 0 aliphatic carbocycles. The van der Waals surface area contributed by atoms with E-state index in [2.05, 4.69) is 16.3 Å². The van der Waals surface area contributed by atoms with Crippen LogP contribution in [0.5, 0.6) is 0 Å². The highest BCUT2D eigenvalue weighted by Crippen LogP contribution is 2.08. The van der Waals surface area contributed by atoms with Crippen LogP contribution < -0.4 is 5.73 Å². The Bertz CT molecular complexity index is 419. The number of fused-ring (bicyclic) bond motifs is 1. The van der Waals surface area contributed by atoms with Crippen LogP contribution in [0.3, 0.4) is 0 Å². The smallest absolute Gasteiger partial charge is 0.136 e. The quantitative estimate of drug-likeness (QED) is 0.797. The van der Waals surface area contributed by atoms with Crippen molar-refractivity contribution >= 4 is 5.65 Å². The standard InChI is InChI=1S/C11H15N3/c1-2-9(12)7-10-8-13-11-5-3-4-6-14(10)11/h3-6,8-9H,2,7,12H2,1H3. The first-order chi connectivity index (χ1) is 6.81. The maximum atomic E-state index is 5.91. The van der Waals surface area contributed by atoms with Crippen molar-refractivity contribution in [3.05, 3.63) is 36.3 Å². The average molecular weight is 189 g/mol. The number of pyridine rings is 1. The molecule has 74 valence electrons. The second-order valence-electron chi connectivity index (χ2n) is 3.55. The van der Waals surface area contributed by atoms with Crippen LogP contribution in [-0.2, 0) is 6.42 Å². The summed E-state index contributed by atoms with van der Waals surface area (Å²) in [6.45, 7) is 2.11. The molecule has 0 saturated carbocycles. The number of imidazole rings is 1. The van der Waals surface area contributed by atoms with E-state index in [4.69, 9.17) is 5.73 Å². The fourth-order valence-electron chi connectivity index (χ4n) is 1.55. The van der Waals surface area contributed by atoms with Gasteiger partial charge in [-0.05, 0) is 18.6 Å². The fourth-order valence-corrected chi connectivity index (χ4v) is 1.55. The zero-order valence-electron chi connectivity index (χ0n) is 8.35. The summed E-state index contributed by atoms with van der Waals surface area (Å²) in [5.41, 5.74) is 8.10. The molecule has 2 rings (SSSR count). The van der Waals surface area contributed by atoms with Crippen LogP contribution in [0.1, 0.15) is 19.0 Å². The van der Waals surface area contributed by atoms with Gasteiger partial charge in [0.2, 0.25) is 0 Å². The first kappa shape index (κ1) is 9.21. The van der Waals surface area contributed by atoms with E-state index in [9.17, 15) is 0 Å². The Morgan fingerprint density at radius 2 is 2.36 bits per heavy atom. The highest BCUT2D eigenvalue weighted by molar-refractivity contribution is 5.39. The Balaban J connectivity index is 2.33. The van der Waals surface area contributed by atoms with E-state index in [-0.39, 0.29) is 6.04 Å². The van der Waals surface area contributed by atoms with E-state index in [1.54, 1.807) is 0 Å². The zero-order chi connectivity index (χ0) is 9.97. The van der Waals surface area contributed by atoms with Crippen LogP contribution in [0.25, 0.3) is 5.65 Å². The molecular weight excluding hydrogens is 174 g/mol. The Labute approximate surface area is 83.6 Å². The third-order valence-corrected chi connectivity index (χ3v) is 2.49. The molecule has 0 bridgehead atoms. The third kappa shape index (κ3) is 1.63. The lowest BCUT2D eigenvalue weighted by Gasteiger charge is -2.07. The lowest BCUT2D eigenvalue weighted by Crippen LogP contribution is -2.22. The fraction of sp³-hybridized carbons (Fsp3) is 0.364. The van der Waals surface area contributed by atoms with Crippen molar-refractivity contribution < 1.29 is 0 Å². The number of aromatic nitrogens is 2. The summed E-state index contributed by atoms with van der Waals surface area (Å²) >= 11 is 0. The van der Waals surface area contributed by atoms with Gasteiger partial charge in [-0.15, -0.1) is 0 Å². The summed E-state index contributed by atoms with van der Waals surface area (Å²) in [6, 6.07) is 6.23. The molecule has 3 nitrogen and oxygen atoms in total. The van der Waals surface area contributed by atoms with Crippen molar-refractivity contribution in [1.29, 1.82) is 0 Å².